The zero-order chi connectivity index (χ0) is 32.2. The summed E-state index contributed by atoms with van der Waals surface area (Å²) in [5.74, 6) is -5.65. The predicted octanol–water partition coefficient (Wildman–Crippen LogP) is -0.762. The molecule has 9 N–H and O–H groups in total. The average molecular weight is 602 g/mol. The number of carboxylic acid groups (broad SMARTS) is 1. The molecule has 0 aromatic heterocycles. The molecule has 1 aliphatic rings. The van der Waals surface area contributed by atoms with Crippen molar-refractivity contribution in [2.45, 2.75) is 44.4 Å². The molecule has 15 nitrogen and oxygen atoms in total. The number of carbonyl (C=O) groups is 7. The minimum absolute atomic E-state index is 0.0102. The van der Waals surface area contributed by atoms with E-state index in [0.29, 0.717) is 0 Å². The van der Waals surface area contributed by atoms with Gasteiger partial charge in [0.15, 0.2) is 0 Å². The fraction of sp³-hybridized carbons (Fsp3) is 0.375. The zero-order valence-corrected chi connectivity index (χ0v) is 22.2. The molecular formula is C24H30F3N7O8. The Balaban J connectivity index is 0.00000112. The van der Waals surface area contributed by atoms with Crippen LogP contribution >= 0.6 is 0 Å². The Bertz CT molecular complexity index is 1200. The fourth-order valence-corrected chi connectivity index (χ4v) is 3.50. The maximum absolute atomic E-state index is 13.4. The van der Waals surface area contributed by atoms with Gasteiger partial charge in [0.1, 0.15) is 12.1 Å². The Morgan fingerprint density at radius 1 is 1.02 bits per heavy atom. The molecule has 0 saturated carbocycles. The number of urea groups is 1. The third kappa shape index (κ3) is 10.5. The van der Waals surface area contributed by atoms with Gasteiger partial charge in [-0.2, -0.15) is 13.2 Å². The number of imide groups is 1. The number of nitrogens with one attached hydrogen (secondary N) is 2. The van der Waals surface area contributed by atoms with Crippen molar-refractivity contribution in [3.63, 3.8) is 0 Å². The van der Waals surface area contributed by atoms with Crippen molar-refractivity contribution in [3.8, 4) is 0 Å². The molecule has 1 aromatic rings. The minimum Gasteiger partial charge on any atom is -0.475 e. The predicted molar refractivity (Wildman–Crippen MR) is 140 cm³/mol. The maximum Gasteiger partial charge on any atom is 0.490 e. The van der Waals surface area contributed by atoms with Gasteiger partial charge in [0.05, 0.1) is 5.69 Å². The molecule has 1 aliphatic heterocycles. The maximum atomic E-state index is 13.4. The molecule has 0 bridgehead atoms. The lowest BCUT2D eigenvalue weighted by Gasteiger charge is -2.32. The summed E-state index contributed by atoms with van der Waals surface area (Å²) < 4.78 is 31.7. The molecule has 1 aromatic carbocycles. The first-order valence-electron chi connectivity index (χ1n) is 12.1. The van der Waals surface area contributed by atoms with Gasteiger partial charge in [-0.25, -0.2) is 14.5 Å². The summed E-state index contributed by atoms with van der Waals surface area (Å²) in [6.07, 6.45) is -2.44. The zero-order valence-electron chi connectivity index (χ0n) is 22.2. The van der Waals surface area contributed by atoms with Crippen molar-refractivity contribution in [2.24, 2.45) is 17.2 Å². The number of anilines is 2. The molecule has 0 spiro atoms. The number of nitrogens with zero attached hydrogens (tertiary/aromatic N) is 2. The number of hydrogen-bond acceptors (Lipinski definition) is 8. The lowest BCUT2D eigenvalue weighted by molar-refractivity contribution is -0.192. The summed E-state index contributed by atoms with van der Waals surface area (Å²) in [6, 6.07) is 2.92. The van der Waals surface area contributed by atoms with E-state index in [-0.39, 0.29) is 43.7 Å². The summed E-state index contributed by atoms with van der Waals surface area (Å²) in [4.78, 5) is 83.5. The number of aliphatic carboxylic acids is 1. The SMILES string of the molecule is C[C@H](NC(=O)CCN)C(=O)N(c1ccc(N2C(=O)C=CC2=O)cc1)[C@@H](CCCNC(N)=O)C(N)=O.O=C(O)C(F)(F)F. The van der Waals surface area contributed by atoms with Gasteiger partial charge in [-0.3, -0.25) is 28.9 Å². The molecular weight excluding hydrogens is 571 g/mol. The van der Waals surface area contributed by atoms with Gasteiger partial charge in [-0.15, -0.1) is 0 Å². The second-order valence-electron chi connectivity index (χ2n) is 8.55. The normalized spacial score (nSPS) is 13.9. The van der Waals surface area contributed by atoms with Crippen molar-refractivity contribution in [3.05, 3.63) is 36.4 Å². The molecule has 0 fully saturated rings. The summed E-state index contributed by atoms with van der Waals surface area (Å²) in [7, 11) is 0. The van der Waals surface area contributed by atoms with Crippen LogP contribution in [0.5, 0.6) is 0 Å². The highest BCUT2D eigenvalue weighted by Gasteiger charge is 2.38. The number of alkyl halides is 3. The van der Waals surface area contributed by atoms with Gasteiger partial charge in [0.25, 0.3) is 11.8 Å². The van der Waals surface area contributed by atoms with Crippen LogP contribution in [0.15, 0.2) is 36.4 Å². The topological polar surface area (TPSA) is 248 Å². The number of benzene rings is 1. The first-order chi connectivity index (χ1) is 19.5. The third-order valence-electron chi connectivity index (χ3n) is 5.39. The molecule has 0 saturated heterocycles. The number of amides is 7. The molecule has 2 atom stereocenters. The van der Waals surface area contributed by atoms with E-state index in [4.69, 9.17) is 27.1 Å². The van der Waals surface area contributed by atoms with Gasteiger partial charge >= 0.3 is 18.2 Å². The molecule has 2 rings (SSSR count). The van der Waals surface area contributed by atoms with E-state index in [9.17, 15) is 41.9 Å². The van der Waals surface area contributed by atoms with E-state index < -0.39 is 59.8 Å². The van der Waals surface area contributed by atoms with E-state index in [0.717, 1.165) is 22.0 Å². The van der Waals surface area contributed by atoms with Crippen LogP contribution in [-0.2, 0) is 28.8 Å². The van der Waals surface area contributed by atoms with Crippen LogP contribution in [0.3, 0.4) is 0 Å². The molecule has 18 heteroatoms. The third-order valence-corrected chi connectivity index (χ3v) is 5.39. The van der Waals surface area contributed by atoms with E-state index in [1.54, 1.807) is 0 Å². The molecule has 0 aliphatic carbocycles. The highest BCUT2D eigenvalue weighted by Crippen LogP contribution is 2.26. The second-order valence-corrected chi connectivity index (χ2v) is 8.55. The number of carboxylic acids is 1. The number of carbonyl (C=O) groups excluding carboxylic acids is 6. The van der Waals surface area contributed by atoms with Gasteiger partial charge in [-0.1, -0.05) is 0 Å². The van der Waals surface area contributed by atoms with Crippen molar-refractivity contribution < 1.29 is 51.8 Å². The summed E-state index contributed by atoms with van der Waals surface area (Å²) in [6.45, 7) is 1.70. The molecule has 7 amide bonds. The molecule has 1 heterocycles. The van der Waals surface area contributed by atoms with E-state index in [2.05, 4.69) is 10.6 Å². The Labute approximate surface area is 236 Å². The lowest BCUT2D eigenvalue weighted by atomic mass is 10.1. The van der Waals surface area contributed by atoms with Crippen molar-refractivity contribution in [2.75, 3.05) is 22.9 Å². The molecule has 0 unspecified atom stereocenters. The highest BCUT2D eigenvalue weighted by molar-refractivity contribution is 6.28. The van der Waals surface area contributed by atoms with Crippen LogP contribution in [0.25, 0.3) is 0 Å². The molecule has 0 radical (unpaired) electrons. The monoisotopic (exact) mass is 601 g/mol. The summed E-state index contributed by atoms with van der Waals surface area (Å²) >= 11 is 0. The van der Waals surface area contributed by atoms with Crippen LogP contribution in [-0.4, -0.2) is 78.0 Å². The van der Waals surface area contributed by atoms with Gasteiger partial charge in [0.2, 0.25) is 17.7 Å². The van der Waals surface area contributed by atoms with Crippen LogP contribution in [0.4, 0.5) is 29.3 Å². The molecule has 42 heavy (non-hydrogen) atoms. The minimum atomic E-state index is -5.08. The number of halogens is 3. The number of hydrogen-bond donors (Lipinski definition) is 6. The summed E-state index contributed by atoms with van der Waals surface area (Å²) in [5, 5.41) is 12.1. The van der Waals surface area contributed by atoms with Crippen LogP contribution < -0.4 is 37.6 Å². The quantitative estimate of drug-likeness (QED) is 0.130. The van der Waals surface area contributed by atoms with Gasteiger partial charge in [0, 0.05) is 37.3 Å². The van der Waals surface area contributed by atoms with E-state index >= 15 is 0 Å². The Kier molecular flexibility index (Phi) is 13.1. The first kappa shape index (κ1) is 35.0. The molecule has 230 valence electrons. The largest absolute Gasteiger partial charge is 0.490 e. The van der Waals surface area contributed by atoms with Gasteiger partial charge in [-0.05, 0) is 44.0 Å². The Hall–Kier alpha value is -5.00. The summed E-state index contributed by atoms with van der Waals surface area (Å²) in [5.41, 5.74) is 16.6. The highest BCUT2D eigenvalue weighted by atomic mass is 19.4. The lowest BCUT2D eigenvalue weighted by Crippen LogP contribution is -2.55. The van der Waals surface area contributed by atoms with E-state index in [1.165, 1.54) is 31.2 Å². The second kappa shape index (κ2) is 15.7. The van der Waals surface area contributed by atoms with Crippen molar-refractivity contribution in [1.29, 1.82) is 0 Å². The van der Waals surface area contributed by atoms with Crippen LogP contribution in [0, 0.1) is 0 Å². The van der Waals surface area contributed by atoms with Crippen LogP contribution in [0.2, 0.25) is 0 Å². The van der Waals surface area contributed by atoms with Crippen molar-refractivity contribution in [1.82, 2.24) is 10.6 Å². The van der Waals surface area contributed by atoms with Gasteiger partial charge < -0.3 is 32.9 Å². The van der Waals surface area contributed by atoms with Crippen LogP contribution in [0.1, 0.15) is 26.2 Å². The van der Waals surface area contributed by atoms with E-state index in [1.807, 2.05) is 0 Å². The number of nitrogens with two attached hydrogens (primary N) is 3. The van der Waals surface area contributed by atoms with Crippen molar-refractivity contribution >= 4 is 52.9 Å². The fourth-order valence-electron chi connectivity index (χ4n) is 3.50. The Morgan fingerprint density at radius 3 is 1.98 bits per heavy atom. The number of rotatable bonds is 12. The number of primary amides is 2. The average Bonchev–Trinajstić information content (AvgIpc) is 3.23. The Morgan fingerprint density at radius 2 is 1.55 bits per heavy atom. The standard InChI is InChI=1S/C22H29N7O6.C2HF3O2/c1-13(27-17(30)10-11-23)21(34)28(16(20(24)33)3-2-12-26-22(25)35)14-4-6-15(7-5-14)29-18(31)8-9-19(29)32;3-2(4,5)1(6)7/h4-9,13,16H,2-3,10-12,23H2,1H3,(H2,24,33)(H,27,30)(H3,25,26,35);(H,6,7)/t13-,16-;/m0./s1. The first-order valence-corrected chi connectivity index (χ1v) is 12.1. The smallest absolute Gasteiger partial charge is 0.475 e.